The number of rotatable bonds is 5. The number of carbonyl (C=O) groups excluding carboxylic acids is 2. The normalized spacial score (nSPS) is 13.7. The van der Waals surface area contributed by atoms with Gasteiger partial charge in [-0.3, -0.25) is 4.79 Å². The predicted molar refractivity (Wildman–Crippen MR) is 98.9 cm³/mol. The van der Waals surface area contributed by atoms with E-state index in [2.05, 4.69) is 5.32 Å². The molecule has 9 nitrogen and oxygen atoms in total. The van der Waals surface area contributed by atoms with Gasteiger partial charge in [0.15, 0.2) is 17.6 Å². The van der Waals surface area contributed by atoms with Gasteiger partial charge in [-0.1, -0.05) is 11.6 Å². The van der Waals surface area contributed by atoms with E-state index in [0.29, 0.717) is 17.2 Å². The highest BCUT2D eigenvalue weighted by molar-refractivity contribution is 7.89. The maximum Gasteiger partial charge on any atom is 0.338 e. The van der Waals surface area contributed by atoms with E-state index in [-0.39, 0.29) is 17.4 Å². The van der Waals surface area contributed by atoms with Crippen LogP contribution in [0.1, 0.15) is 17.3 Å². The van der Waals surface area contributed by atoms with Gasteiger partial charge in [-0.05, 0) is 37.3 Å². The number of primary sulfonamides is 1. The van der Waals surface area contributed by atoms with Crippen molar-refractivity contribution >= 4 is 39.2 Å². The standard InChI is InChI=1S/C17H15ClN2O7S/c1-9(16(21)20-11-3-5-13-14(7-11)26-8-25-13)27-17(22)10-2-4-12(18)15(6-10)28(19,23)24/h2-7,9H,8H2,1H3,(H,20,21)(H2,19,23,24). The fraction of sp³-hybridized carbons (Fsp3) is 0.176. The second-order valence-electron chi connectivity index (χ2n) is 5.80. The van der Waals surface area contributed by atoms with Crippen molar-refractivity contribution in [1.82, 2.24) is 0 Å². The second-order valence-corrected chi connectivity index (χ2v) is 7.73. The van der Waals surface area contributed by atoms with Crippen molar-refractivity contribution in [3.8, 4) is 11.5 Å². The van der Waals surface area contributed by atoms with Crippen LogP contribution in [0.5, 0.6) is 11.5 Å². The molecule has 0 radical (unpaired) electrons. The van der Waals surface area contributed by atoms with Crippen LogP contribution in [-0.4, -0.2) is 33.2 Å². The first kappa shape index (κ1) is 19.9. The van der Waals surface area contributed by atoms with E-state index in [1.807, 2.05) is 0 Å². The Hall–Kier alpha value is -2.82. The Balaban J connectivity index is 1.68. The smallest absolute Gasteiger partial charge is 0.338 e. The van der Waals surface area contributed by atoms with Crippen LogP contribution >= 0.6 is 11.6 Å². The van der Waals surface area contributed by atoms with Gasteiger partial charge in [0.2, 0.25) is 16.8 Å². The van der Waals surface area contributed by atoms with Crippen molar-refractivity contribution in [2.24, 2.45) is 5.14 Å². The number of hydrogen-bond acceptors (Lipinski definition) is 7. The van der Waals surface area contributed by atoms with Gasteiger partial charge in [0.25, 0.3) is 5.91 Å². The Kier molecular flexibility index (Phi) is 5.45. The van der Waals surface area contributed by atoms with E-state index in [9.17, 15) is 18.0 Å². The molecule has 0 bridgehead atoms. The molecule has 1 aliphatic heterocycles. The highest BCUT2D eigenvalue weighted by Crippen LogP contribution is 2.34. The quantitative estimate of drug-likeness (QED) is 0.697. The number of carbonyl (C=O) groups is 2. The lowest BCUT2D eigenvalue weighted by Crippen LogP contribution is -2.30. The summed E-state index contributed by atoms with van der Waals surface area (Å²) in [5.41, 5.74) is 0.316. The minimum absolute atomic E-state index is 0.0996. The molecule has 11 heteroatoms. The van der Waals surface area contributed by atoms with Crippen LogP contribution in [0.2, 0.25) is 5.02 Å². The zero-order chi connectivity index (χ0) is 20.5. The van der Waals surface area contributed by atoms with E-state index >= 15 is 0 Å². The predicted octanol–water partition coefficient (Wildman–Crippen LogP) is 1.90. The SMILES string of the molecule is CC(OC(=O)c1ccc(Cl)c(S(N)(=O)=O)c1)C(=O)Nc1ccc2c(c1)OCO2. The fourth-order valence-corrected chi connectivity index (χ4v) is 3.42. The van der Waals surface area contributed by atoms with Gasteiger partial charge in [-0.15, -0.1) is 0 Å². The van der Waals surface area contributed by atoms with E-state index in [1.54, 1.807) is 18.2 Å². The zero-order valence-corrected chi connectivity index (χ0v) is 16.0. The van der Waals surface area contributed by atoms with Gasteiger partial charge in [-0.25, -0.2) is 18.4 Å². The number of benzene rings is 2. The topological polar surface area (TPSA) is 134 Å². The third kappa shape index (κ3) is 4.35. The number of sulfonamides is 1. The third-order valence-corrected chi connectivity index (χ3v) is 5.16. The summed E-state index contributed by atoms with van der Waals surface area (Å²) in [6, 6.07) is 8.28. The van der Waals surface area contributed by atoms with Crippen molar-refractivity contribution in [2.45, 2.75) is 17.9 Å². The van der Waals surface area contributed by atoms with E-state index in [4.69, 9.17) is 31.0 Å². The number of fused-ring (bicyclic) bond motifs is 1. The number of nitrogens with one attached hydrogen (secondary N) is 1. The second kappa shape index (κ2) is 7.66. The Labute approximate surface area is 165 Å². The highest BCUT2D eigenvalue weighted by Gasteiger charge is 2.22. The molecule has 3 N–H and O–H groups in total. The average Bonchev–Trinajstić information content (AvgIpc) is 3.08. The molecule has 2 aromatic carbocycles. The number of halogens is 1. The van der Waals surface area contributed by atoms with Crippen LogP contribution in [0, 0.1) is 0 Å². The third-order valence-electron chi connectivity index (χ3n) is 3.77. The zero-order valence-electron chi connectivity index (χ0n) is 14.5. The summed E-state index contributed by atoms with van der Waals surface area (Å²) in [6.45, 7) is 1.47. The van der Waals surface area contributed by atoms with Gasteiger partial charge in [0.1, 0.15) is 4.90 Å². The Morgan fingerprint density at radius 2 is 1.89 bits per heavy atom. The number of anilines is 1. The molecule has 28 heavy (non-hydrogen) atoms. The summed E-state index contributed by atoms with van der Waals surface area (Å²) in [7, 11) is -4.12. The Bertz CT molecular complexity index is 1060. The minimum atomic E-state index is -4.12. The summed E-state index contributed by atoms with van der Waals surface area (Å²) in [6.07, 6.45) is -1.16. The van der Waals surface area contributed by atoms with Crippen molar-refractivity contribution < 1.29 is 32.2 Å². The molecule has 0 saturated heterocycles. The molecule has 1 amide bonds. The molecule has 1 unspecified atom stereocenters. The number of nitrogens with two attached hydrogens (primary N) is 1. The Morgan fingerprint density at radius 3 is 2.61 bits per heavy atom. The van der Waals surface area contributed by atoms with Gasteiger partial charge in [0, 0.05) is 11.8 Å². The minimum Gasteiger partial charge on any atom is -0.454 e. The van der Waals surface area contributed by atoms with Crippen molar-refractivity contribution in [2.75, 3.05) is 12.1 Å². The Morgan fingerprint density at radius 1 is 1.18 bits per heavy atom. The summed E-state index contributed by atoms with van der Waals surface area (Å²) < 4.78 is 38.5. The molecular weight excluding hydrogens is 412 g/mol. The largest absolute Gasteiger partial charge is 0.454 e. The number of esters is 1. The molecule has 0 spiro atoms. The van der Waals surface area contributed by atoms with Gasteiger partial charge in [0.05, 0.1) is 10.6 Å². The summed E-state index contributed by atoms with van der Waals surface area (Å²) in [5.74, 6) is -0.451. The molecule has 1 aliphatic rings. The first-order chi connectivity index (χ1) is 13.1. The van der Waals surface area contributed by atoms with E-state index in [0.717, 1.165) is 6.07 Å². The summed E-state index contributed by atoms with van der Waals surface area (Å²) in [5, 5.41) is 7.51. The van der Waals surface area contributed by atoms with Crippen molar-refractivity contribution in [3.63, 3.8) is 0 Å². The first-order valence-corrected chi connectivity index (χ1v) is 9.81. The monoisotopic (exact) mass is 426 g/mol. The molecule has 3 rings (SSSR count). The summed E-state index contributed by atoms with van der Waals surface area (Å²) >= 11 is 5.78. The van der Waals surface area contributed by atoms with Crippen LogP contribution in [0.25, 0.3) is 0 Å². The lowest BCUT2D eigenvalue weighted by Gasteiger charge is -2.14. The van der Waals surface area contributed by atoms with Crippen LogP contribution in [0.4, 0.5) is 5.69 Å². The van der Waals surface area contributed by atoms with Crippen LogP contribution in [0.15, 0.2) is 41.3 Å². The molecule has 1 heterocycles. The molecule has 0 saturated carbocycles. The maximum absolute atomic E-state index is 12.3. The molecule has 2 aromatic rings. The number of ether oxygens (including phenoxy) is 3. The highest BCUT2D eigenvalue weighted by atomic mass is 35.5. The molecule has 0 aliphatic carbocycles. The van der Waals surface area contributed by atoms with Gasteiger partial charge in [-0.2, -0.15) is 0 Å². The van der Waals surface area contributed by atoms with Crippen molar-refractivity contribution in [1.29, 1.82) is 0 Å². The molecule has 0 aromatic heterocycles. The summed E-state index contributed by atoms with van der Waals surface area (Å²) in [4.78, 5) is 24.1. The lowest BCUT2D eigenvalue weighted by atomic mass is 10.2. The van der Waals surface area contributed by atoms with Crippen molar-refractivity contribution in [3.05, 3.63) is 47.0 Å². The first-order valence-electron chi connectivity index (χ1n) is 7.89. The van der Waals surface area contributed by atoms with Gasteiger partial charge >= 0.3 is 5.97 Å². The maximum atomic E-state index is 12.3. The molecule has 148 valence electrons. The number of hydrogen-bond donors (Lipinski definition) is 2. The molecular formula is C17H15ClN2O7S. The fourth-order valence-electron chi connectivity index (χ4n) is 2.35. The average molecular weight is 427 g/mol. The number of amides is 1. The molecule has 0 fully saturated rings. The van der Waals surface area contributed by atoms with Crippen LogP contribution in [-0.2, 0) is 19.6 Å². The molecule has 1 atom stereocenters. The van der Waals surface area contributed by atoms with E-state index < -0.39 is 32.9 Å². The van der Waals surface area contributed by atoms with Crippen LogP contribution in [0.3, 0.4) is 0 Å². The lowest BCUT2D eigenvalue weighted by molar-refractivity contribution is -0.123. The van der Waals surface area contributed by atoms with Crippen LogP contribution < -0.4 is 19.9 Å². The van der Waals surface area contributed by atoms with Gasteiger partial charge < -0.3 is 19.5 Å². The van der Waals surface area contributed by atoms with E-state index in [1.165, 1.54) is 19.1 Å².